The Balaban J connectivity index is 2.18. The molecule has 2 rings (SSSR count). The van der Waals surface area contributed by atoms with Gasteiger partial charge in [-0.05, 0) is 19.9 Å². The van der Waals surface area contributed by atoms with E-state index in [9.17, 15) is 13.2 Å². The fourth-order valence-corrected chi connectivity index (χ4v) is 2.23. The van der Waals surface area contributed by atoms with Crippen LogP contribution in [0.4, 0.5) is 18.9 Å². The van der Waals surface area contributed by atoms with Gasteiger partial charge >= 0.3 is 0 Å². The molecule has 2 nitrogen and oxygen atoms in total. The second-order valence-corrected chi connectivity index (χ2v) is 4.27. The zero-order chi connectivity index (χ0) is 12.4. The lowest BCUT2D eigenvalue weighted by atomic mass is 10.0. The molecule has 0 unspecified atom stereocenters. The molecule has 0 spiro atoms. The number of nitrogens with zero attached hydrogens (tertiary/aromatic N) is 1. The van der Waals surface area contributed by atoms with Crippen molar-refractivity contribution in [3.8, 4) is 0 Å². The molecule has 1 N–H and O–H groups in total. The van der Waals surface area contributed by atoms with Gasteiger partial charge in [0, 0.05) is 31.3 Å². The van der Waals surface area contributed by atoms with Crippen LogP contribution in [0.15, 0.2) is 12.1 Å². The van der Waals surface area contributed by atoms with Crippen LogP contribution in [-0.4, -0.2) is 26.2 Å². The van der Waals surface area contributed by atoms with Crippen molar-refractivity contribution in [3.63, 3.8) is 0 Å². The van der Waals surface area contributed by atoms with Gasteiger partial charge in [-0.15, -0.1) is 0 Å². The van der Waals surface area contributed by atoms with Crippen LogP contribution in [0.5, 0.6) is 0 Å². The van der Waals surface area contributed by atoms with E-state index < -0.39 is 17.5 Å². The Bertz CT molecular complexity index is 378. The van der Waals surface area contributed by atoms with Gasteiger partial charge < -0.3 is 10.2 Å². The van der Waals surface area contributed by atoms with Crippen LogP contribution in [0.2, 0.25) is 0 Å². The molecule has 0 atom stereocenters. The van der Waals surface area contributed by atoms with E-state index in [1.165, 1.54) is 0 Å². The first-order valence-electron chi connectivity index (χ1n) is 5.68. The minimum atomic E-state index is -0.881. The van der Waals surface area contributed by atoms with Crippen molar-refractivity contribution in [3.05, 3.63) is 29.6 Å². The zero-order valence-electron chi connectivity index (χ0n) is 9.64. The molecule has 94 valence electrons. The van der Waals surface area contributed by atoms with Crippen molar-refractivity contribution in [2.45, 2.75) is 18.9 Å². The van der Waals surface area contributed by atoms with Gasteiger partial charge in [0.25, 0.3) is 0 Å². The monoisotopic (exact) mass is 244 g/mol. The van der Waals surface area contributed by atoms with E-state index in [-0.39, 0.29) is 5.69 Å². The highest BCUT2D eigenvalue weighted by Gasteiger charge is 2.23. The Morgan fingerprint density at radius 2 is 1.65 bits per heavy atom. The summed E-state index contributed by atoms with van der Waals surface area (Å²) in [7, 11) is 1.87. The summed E-state index contributed by atoms with van der Waals surface area (Å²) >= 11 is 0. The highest BCUT2D eigenvalue weighted by molar-refractivity contribution is 5.49. The smallest absolute Gasteiger partial charge is 0.152 e. The molecule has 1 saturated heterocycles. The lowest BCUT2D eigenvalue weighted by molar-refractivity contribution is 0.432. The molecule has 1 fully saturated rings. The highest BCUT2D eigenvalue weighted by Crippen LogP contribution is 2.27. The van der Waals surface area contributed by atoms with Gasteiger partial charge in [0.1, 0.15) is 11.5 Å². The predicted molar refractivity (Wildman–Crippen MR) is 60.6 cm³/mol. The SMILES string of the molecule is CNC1CCN(c2c(F)cc(F)cc2F)CC1. The number of anilines is 1. The number of hydrogen-bond donors (Lipinski definition) is 1. The molecule has 0 aliphatic carbocycles. The lowest BCUT2D eigenvalue weighted by Crippen LogP contribution is -2.41. The van der Waals surface area contributed by atoms with E-state index in [0.717, 1.165) is 25.0 Å². The summed E-state index contributed by atoms with van der Waals surface area (Å²) in [5.41, 5.74) is -0.110. The minimum absolute atomic E-state index is 0.110. The molecule has 17 heavy (non-hydrogen) atoms. The molecule has 0 bridgehead atoms. The van der Waals surface area contributed by atoms with Crippen molar-refractivity contribution >= 4 is 5.69 Å². The van der Waals surface area contributed by atoms with Crippen molar-refractivity contribution < 1.29 is 13.2 Å². The molecule has 0 aromatic heterocycles. The standard InChI is InChI=1S/C12H15F3N2/c1-16-9-2-4-17(5-3-9)12-10(14)6-8(13)7-11(12)15/h6-7,9,16H,2-5H2,1H3. The van der Waals surface area contributed by atoms with Crippen LogP contribution in [0.25, 0.3) is 0 Å². The van der Waals surface area contributed by atoms with Crippen molar-refractivity contribution in [1.29, 1.82) is 0 Å². The van der Waals surface area contributed by atoms with E-state index in [0.29, 0.717) is 19.1 Å². The maximum Gasteiger partial charge on any atom is 0.152 e. The van der Waals surface area contributed by atoms with E-state index in [4.69, 9.17) is 0 Å². The van der Waals surface area contributed by atoms with Crippen LogP contribution < -0.4 is 10.2 Å². The van der Waals surface area contributed by atoms with Crippen LogP contribution >= 0.6 is 0 Å². The maximum absolute atomic E-state index is 13.5. The van der Waals surface area contributed by atoms with Gasteiger partial charge in [-0.25, -0.2) is 13.2 Å². The van der Waals surface area contributed by atoms with E-state index in [1.54, 1.807) is 4.90 Å². The first-order valence-corrected chi connectivity index (χ1v) is 5.68. The Morgan fingerprint density at radius 1 is 1.12 bits per heavy atom. The number of benzene rings is 1. The van der Waals surface area contributed by atoms with Crippen LogP contribution in [0.3, 0.4) is 0 Å². The van der Waals surface area contributed by atoms with Gasteiger partial charge in [0.05, 0.1) is 0 Å². The average Bonchev–Trinajstić information content (AvgIpc) is 2.28. The molecule has 0 amide bonds. The minimum Gasteiger partial charge on any atom is -0.367 e. The van der Waals surface area contributed by atoms with Crippen molar-refractivity contribution in [2.75, 3.05) is 25.0 Å². The van der Waals surface area contributed by atoms with E-state index in [2.05, 4.69) is 5.32 Å². The van der Waals surface area contributed by atoms with Gasteiger partial charge in [-0.1, -0.05) is 0 Å². The zero-order valence-corrected chi connectivity index (χ0v) is 9.64. The van der Waals surface area contributed by atoms with Gasteiger partial charge in [-0.2, -0.15) is 0 Å². The van der Waals surface area contributed by atoms with Gasteiger partial charge in [-0.3, -0.25) is 0 Å². The molecular weight excluding hydrogens is 229 g/mol. The normalized spacial score (nSPS) is 17.5. The fraction of sp³-hybridized carbons (Fsp3) is 0.500. The molecule has 1 aliphatic heterocycles. The third-order valence-corrected chi connectivity index (χ3v) is 3.20. The summed E-state index contributed by atoms with van der Waals surface area (Å²) in [6.07, 6.45) is 1.65. The molecule has 1 aromatic rings. The lowest BCUT2D eigenvalue weighted by Gasteiger charge is -2.33. The summed E-state index contributed by atoms with van der Waals surface area (Å²) in [5, 5.41) is 3.14. The fourth-order valence-electron chi connectivity index (χ4n) is 2.23. The number of halogens is 3. The topological polar surface area (TPSA) is 15.3 Å². The average molecular weight is 244 g/mol. The van der Waals surface area contributed by atoms with Crippen molar-refractivity contribution in [2.24, 2.45) is 0 Å². The van der Waals surface area contributed by atoms with Gasteiger partial charge in [0.2, 0.25) is 0 Å². The second kappa shape index (κ2) is 4.96. The number of hydrogen-bond acceptors (Lipinski definition) is 2. The van der Waals surface area contributed by atoms with Crippen LogP contribution in [-0.2, 0) is 0 Å². The quantitative estimate of drug-likeness (QED) is 0.858. The summed E-state index contributed by atoms with van der Waals surface area (Å²) < 4.78 is 39.9. The molecule has 1 aliphatic rings. The number of piperidine rings is 1. The first-order chi connectivity index (χ1) is 8.11. The molecule has 0 saturated carbocycles. The summed E-state index contributed by atoms with van der Waals surface area (Å²) in [4.78, 5) is 1.64. The Labute approximate surface area is 98.4 Å². The molecule has 1 aromatic carbocycles. The largest absolute Gasteiger partial charge is 0.367 e. The summed E-state index contributed by atoms with van der Waals surface area (Å²) in [5.74, 6) is -2.54. The van der Waals surface area contributed by atoms with E-state index >= 15 is 0 Å². The second-order valence-electron chi connectivity index (χ2n) is 4.27. The molecule has 1 heterocycles. The Kier molecular flexibility index (Phi) is 3.57. The maximum atomic E-state index is 13.5. The first kappa shape index (κ1) is 12.2. The van der Waals surface area contributed by atoms with Crippen molar-refractivity contribution in [1.82, 2.24) is 5.32 Å². The summed E-state index contributed by atoms with van der Waals surface area (Å²) in [6.45, 7) is 1.15. The summed E-state index contributed by atoms with van der Waals surface area (Å²) in [6, 6.07) is 1.84. The Morgan fingerprint density at radius 3 is 2.12 bits per heavy atom. The van der Waals surface area contributed by atoms with Crippen LogP contribution in [0.1, 0.15) is 12.8 Å². The third-order valence-electron chi connectivity index (χ3n) is 3.20. The molecule has 0 radical (unpaired) electrons. The van der Waals surface area contributed by atoms with E-state index in [1.807, 2.05) is 7.05 Å². The van der Waals surface area contributed by atoms with Gasteiger partial charge in [0.15, 0.2) is 11.6 Å². The Hall–Kier alpha value is -1.23. The third kappa shape index (κ3) is 2.54. The highest BCUT2D eigenvalue weighted by atomic mass is 19.1. The number of rotatable bonds is 2. The number of nitrogens with one attached hydrogen (secondary N) is 1. The molecular formula is C12H15F3N2. The predicted octanol–water partition coefficient (Wildman–Crippen LogP) is 2.29. The van der Waals surface area contributed by atoms with Crippen LogP contribution in [0, 0.1) is 17.5 Å². The molecule has 5 heteroatoms.